The molecule has 3 aromatic rings. The number of aliphatic carboxylic acids is 1. The average Bonchev–Trinajstić information content (AvgIpc) is 2.65. The van der Waals surface area contributed by atoms with Crippen LogP contribution in [0.1, 0.15) is 18.1 Å². The molecule has 0 spiro atoms. The van der Waals surface area contributed by atoms with Crippen LogP contribution in [-0.2, 0) is 17.9 Å². The maximum absolute atomic E-state index is 13.8. The number of hydrogen-bond donors (Lipinski definition) is 2. The van der Waals surface area contributed by atoms with Crippen molar-refractivity contribution in [3.05, 3.63) is 77.6 Å². The van der Waals surface area contributed by atoms with Crippen molar-refractivity contribution in [3.8, 4) is 5.75 Å². The van der Waals surface area contributed by atoms with Crippen LogP contribution in [0.4, 0.5) is 4.39 Å². The molecule has 0 aliphatic carbocycles. The van der Waals surface area contributed by atoms with Crippen LogP contribution in [0, 0.1) is 5.82 Å². The fourth-order valence-electron chi connectivity index (χ4n) is 2.75. The van der Waals surface area contributed by atoms with E-state index < -0.39 is 12.0 Å². The Morgan fingerprint density at radius 3 is 2.62 bits per heavy atom. The highest BCUT2D eigenvalue weighted by atomic mass is 19.1. The standard InChI is InChI=1S/C21H20FNO3/c1-14(21(24)25)23-12-18-17-8-4-2-6-15(17)10-11-20(18)26-13-16-7-3-5-9-19(16)22/h2-11,14,23H,12-13H2,1H3,(H,24,25). The van der Waals surface area contributed by atoms with E-state index in [0.717, 1.165) is 16.3 Å². The second-order valence-corrected chi connectivity index (χ2v) is 6.08. The molecule has 0 saturated carbocycles. The van der Waals surface area contributed by atoms with Crippen molar-refractivity contribution in [1.82, 2.24) is 5.32 Å². The van der Waals surface area contributed by atoms with Crippen molar-refractivity contribution in [2.75, 3.05) is 0 Å². The van der Waals surface area contributed by atoms with Crippen LogP contribution in [0.2, 0.25) is 0 Å². The molecule has 0 heterocycles. The quantitative estimate of drug-likeness (QED) is 0.671. The van der Waals surface area contributed by atoms with Gasteiger partial charge in [0.05, 0.1) is 0 Å². The molecule has 5 heteroatoms. The van der Waals surface area contributed by atoms with E-state index in [4.69, 9.17) is 9.84 Å². The molecular weight excluding hydrogens is 333 g/mol. The average molecular weight is 353 g/mol. The molecule has 1 unspecified atom stereocenters. The van der Waals surface area contributed by atoms with Crippen LogP contribution < -0.4 is 10.1 Å². The topological polar surface area (TPSA) is 58.6 Å². The van der Waals surface area contributed by atoms with E-state index in [0.29, 0.717) is 17.9 Å². The Morgan fingerprint density at radius 1 is 1.12 bits per heavy atom. The van der Waals surface area contributed by atoms with Gasteiger partial charge in [-0.05, 0) is 29.8 Å². The van der Waals surface area contributed by atoms with Crippen molar-refractivity contribution in [2.24, 2.45) is 0 Å². The van der Waals surface area contributed by atoms with Crippen LogP contribution in [-0.4, -0.2) is 17.1 Å². The van der Waals surface area contributed by atoms with Gasteiger partial charge in [0.1, 0.15) is 24.2 Å². The molecule has 0 amide bonds. The van der Waals surface area contributed by atoms with Crippen molar-refractivity contribution < 1.29 is 19.0 Å². The first-order valence-corrected chi connectivity index (χ1v) is 8.39. The third kappa shape index (κ3) is 4.00. The lowest BCUT2D eigenvalue weighted by atomic mass is 10.0. The van der Waals surface area contributed by atoms with E-state index >= 15 is 0 Å². The van der Waals surface area contributed by atoms with E-state index in [1.807, 2.05) is 36.4 Å². The highest BCUT2D eigenvalue weighted by Gasteiger charge is 2.14. The van der Waals surface area contributed by atoms with Crippen LogP contribution in [0.3, 0.4) is 0 Å². The van der Waals surface area contributed by atoms with Crippen molar-refractivity contribution in [3.63, 3.8) is 0 Å². The van der Waals surface area contributed by atoms with Gasteiger partial charge in [-0.25, -0.2) is 4.39 Å². The van der Waals surface area contributed by atoms with Gasteiger partial charge in [0.15, 0.2) is 0 Å². The fraction of sp³-hybridized carbons (Fsp3) is 0.190. The molecule has 0 fully saturated rings. The predicted octanol–water partition coefficient (Wildman–Crippen LogP) is 4.12. The maximum atomic E-state index is 13.8. The number of nitrogens with one attached hydrogen (secondary N) is 1. The lowest BCUT2D eigenvalue weighted by molar-refractivity contribution is -0.139. The Hall–Kier alpha value is -2.92. The lowest BCUT2D eigenvalue weighted by Gasteiger charge is -2.16. The smallest absolute Gasteiger partial charge is 0.320 e. The highest BCUT2D eigenvalue weighted by molar-refractivity contribution is 5.87. The van der Waals surface area contributed by atoms with Gasteiger partial charge in [0.2, 0.25) is 0 Å². The van der Waals surface area contributed by atoms with Crippen molar-refractivity contribution >= 4 is 16.7 Å². The highest BCUT2D eigenvalue weighted by Crippen LogP contribution is 2.29. The molecule has 4 nitrogen and oxygen atoms in total. The van der Waals surface area contributed by atoms with Crippen molar-refractivity contribution in [2.45, 2.75) is 26.1 Å². The SMILES string of the molecule is CC(NCc1c(OCc2ccccc2F)ccc2ccccc12)C(=O)O. The molecule has 0 bridgehead atoms. The Morgan fingerprint density at radius 2 is 1.85 bits per heavy atom. The number of carboxylic acid groups (broad SMARTS) is 1. The predicted molar refractivity (Wildman–Crippen MR) is 98.6 cm³/mol. The normalized spacial score (nSPS) is 12.1. The summed E-state index contributed by atoms with van der Waals surface area (Å²) in [5.41, 5.74) is 1.33. The fourth-order valence-corrected chi connectivity index (χ4v) is 2.75. The molecular formula is C21H20FNO3. The Labute approximate surface area is 151 Å². The van der Waals surface area contributed by atoms with Gasteiger partial charge in [0, 0.05) is 17.7 Å². The Balaban J connectivity index is 1.89. The number of rotatable bonds is 7. The Kier molecular flexibility index (Phi) is 5.49. The Bertz CT molecular complexity index is 926. The summed E-state index contributed by atoms with van der Waals surface area (Å²) in [6.07, 6.45) is 0. The van der Waals surface area contributed by atoms with E-state index in [1.54, 1.807) is 25.1 Å². The number of halogens is 1. The maximum Gasteiger partial charge on any atom is 0.320 e. The van der Waals surface area contributed by atoms with Gasteiger partial charge in [-0.3, -0.25) is 4.79 Å². The number of carbonyl (C=O) groups is 1. The van der Waals surface area contributed by atoms with E-state index in [2.05, 4.69) is 5.32 Å². The van der Waals surface area contributed by atoms with E-state index in [1.165, 1.54) is 6.07 Å². The summed E-state index contributed by atoms with van der Waals surface area (Å²) in [4.78, 5) is 11.1. The summed E-state index contributed by atoms with van der Waals surface area (Å²) in [7, 11) is 0. The number of ether oxygens (including phenoxy) is 1. The third-order valence-corrected chi connectivity index (χ3v) is 4.29. The molecule has 3 aromatic carbocycles. The number of benzene rings is 3. The summed E-state index contributed by atoms with van der Waals surface area (Å²) < 4.78 is 19.7. The van der Waals surface area contributed by atoms with Crippen LogP contribution in [0.15, 0.2) is 60.7 Å². The minimum absolute atomic E-state index is 0.104. The van der Waals surface area contributed by atoms with Gasteiger partial charge >= 0.3 is 5.97 Å². The summed E-state index contributed by atoms with van der Waals surface area (Å²) in [6.45, 7) is 2.03. The lowest BCUT2D eigenvalue weighted by Crippen LogP contribution is -2.33. The monoisotopic (exact) mass is 353 g/mol. The number of fused-ring (bicyclic) bond motifs is 1. The first-order valence-electron chi connectivity index (χ1n) is 8.39. The van der Waals surface area contributed by atoms with Gasteiger partial charge in [-0.15, -0.1) is 0 Å². The summed E-state index contributed by atoms with van der Waals surface area (Å²) in [6, 6.07) is 17.4. The van der Waals surface area contributed by atoms with E-state index in [9.17, 15) is 9.18 Å². The first-order chi connectivity index (χ1) is 12.6. The zero-order valence-electron chi connectivity index (χ0n) is 14.4. The summed E-state index contributed by atoms with van der Waals surface area (Å²) >= 11 is 0. The first kappa shape index (κ1) is 17.9. The summed E-state index contributed by atoms with van der Waals surface area (Å²) in [5, 5.41) is 14.1. The van der Waals surface area contributed by atoms with Gasteiger partial charge in [-0.1, -0.05) is 48.5 Å². The molecule has 0 radical (unpaired) electrons. The number of carboxylic acids is 1. The molecule has 26 heavy (non-hydrogen) atoms. The molecule has 1 atom stereocenters. The second-order valence-electron chi connectivity index (χ2n) is 6.08. The van der Waals surface area contributed by atoms with Gasteiger partial charge < -0.3 is 15.2 Å². The van der Waals surface area contributed by atoms with Gasteiger partial charge in [0.25, 0.3) is 0 Å². The molecule has 0 aliphatic rings. The van der Waals surface area contributed by atoms with Gasteiger partial charge in [-0.2, -0.15) is 0 Å². The second kappa shape index (κ2) is 7.97. The molecule has 3 rings (SSSR count). The molecule has 0 aliphatic heterocycles. The zero-order valence-corrected chi connectivity index (χ0v) is 14.4. The van der Waals surface area contributed by atoms with Crippen LogP contribution >= 0.6 is 0 Å². The third-order valence-electron chi connectivity index (χ3n) is 4.29. The molecule has 0 saturated heterocycles. The molecule has 0 aromatic heterocycles. The largest absolute Gasteiger partial charge is 0.488 e. The van der Waals surface area contributed by atoms with Crippen molar-refractivity contribution in [1.29, 1.82) is 0 Å². The minimum Gasteiger partial charge on any atom is -0.488 e. The zero-order chi connectivity index (χ0) is 18.5. The molecule has 134 valence electrons. The van der Waals surface area contributed by atoms with Crippen LogP contribution in [0.5, 0.6) is 5.75 Å². The van der Waals surface area contributed by atoms with Crippen LogP contribution in [0.25, 0.3) is 10.8 Å². The van der Waals surface area contributed by atoms with E-state index in [-0.39, 0.29) is 12.4 Å². The number of hydrogen-bond acceptors (Lipinski definition) is 3. The molecule has 2 N–H and O–H groups in total. The minimum atomic E-state index is -0.918. The summed E-state index contributed by atoms with van der Waals surface area (Å²) in [5.74, 6) is -0.622.